The van der Waals surface area contributed by atoms with Crippen LogP contribution in [0, 0.1) is 0 Å². The highest BCUT2D eigenvalue weighted by molar-refractivity contribution is 6.01. The topological polar surface area (TPSA) is 117 Å². The fourth-order valence-corrected chi connectivity index (χ4v) is 3.68. The summed E-state index contributed by atoms with van der Waals surface area (Å²) in [7, 11) is 1.54. The summed E-state index contributed by atoms with van der Waals surface area (Å²) < 4.78 is 16.5. The van der Waals surface area contributed by atoms with Crippen molar-refractivity contribution in [2.75, 3.05) is 12.0 Å². The second kappa shape index (κ2) is 9.66. The molecule has 3 heterocycles. The second-order valence-corrected chi connectivity index (χ2v) is 7.50. The van der Waals surface area contributed by atoms with Crippen molar-refractivity contribution in [1.82, 2.24) is 9.97 Å². The predicted molar refractivity (Wildman–Crippen MR) is 120 cm³/mol. The number of anilines is 1. The highest BCUT2D eigenvalue weighted by Gasteiger charge is 2.36. The monoisotopic (exact) mass is 448 g/mol. The standard InChI is InChI=1S/C24H24N4O5/c1-15(29)32-21-11-18-19(28(24(21)30)14-17-6-7-22(31-2)27-13-17)4-3-5-20(18)33-23-10-16(12-25)8-9-26-23/h3-10,13,21H,11-12,14,25H2,1-2H3. The maximum atomic E-state index is 13.2. The maximum absolute atomic E-state index is 13.2. The Morgan fingerprint density at radius 1 is 1.15 bits per heavy atom. The first-order chi connectivity index (χ1) is 16.0. The lowest BCUT2D eigenvalue weighted by atomic mass is 9.97. The Balaban J connectivity index is 1.71. The zero-order valence-electron chi connectivity index (χ0n) is 18.4. The van der Waals surface area contributed by atoms with E-state index >= 15 is 0 Å². The van der Waals surface area contributed by atoms with Gasteiger partial charge in [-0.1, -0.05) is 12.1 Å². The van der Waals surface area contributed by atoms with E-state index in [-0.39, 0.29) is 18.9 Å². The van der Waals surface area contributed by atoms with Gasteiger partial charge in [0.2, 0.25) is 11.8 Å². The number of amides is 1. The van der Waals surface area contributed by atoms with Gasteiger partial charge in [0.25, 0.3) is 5.91 Å². The summed E-state index contributed by atoms with van der Waals surface area (Å²) in [6, 6.07) is 12.6. The van der Waals surface area contributed by atoms with Crippen LogP contribution in [0.5, 0.6) is 17.5 Å². The van der Waals surface area contributed by atoms with Crippen LogP contribution in [-0.4, -0.2) is 35.1 Å². The van der Waals surface area contributed by atoms with Crippen molar-refractivity contribution in [2.24, 2.45) is 5.73 Å². The number of esters is 1. The number of fused-ring (bicyclic) bond motifs is 1. The van der Waals surface area contributed by atoms with E-state index in [1.165, 1.54) is 14.0 Å². The van der Waals surface area contributed by atoms with Gasteiger partial charge >= 0.3 is 5.97 Å². The molecule has 1 amide bonds. The molecule has 0 aliphatic carbocycles. The molecule has 1 unspecified atom stereocenters. The van der Waals surface area contributed by atoms with Crippen molar-refractivity contribution in [3.05, 3.63) is 71.5 Å². The van der Waals surface area contributed by atoms with E-state index in [4.69, 9.17) is 19.9 Å². The normalized spacial score (nSPS) is 15.1. The number of nitrogens with zero attached hydrogens (tertiary/aromatic N) is 3. The summed E-state index contributed by atoms with van der Waals surface area (Å²) in [5, 5.41) is 0. The Morgan fingerprint density at radius 3 is 2.70 bits per heavy atom. The number of carbonyl (C=O) groups is 2. The Kier molecular flexibility index (Phi) is 6.50. The lowest BCUT2D eigenvalue weighted by molar-refractivity contribution is -0.153. The fraction of sp³-hybridized carbons (Fsp3) is 0.250. The van der Waals surface area contributed by atoms with Crippen molar-refractivity contribution in [2.45, 2.75) is 32.5 Å². The number of carbonyl (C=O) groups excluding carboxylic acids is 2. The molecule has 0 saturated heterocycles. The zero-order chi connectivity index (χ0) is 23.4. The number of aromatic nitrogens is 2. The van der Waals surface area contributed by atoms with E-state index in [1.54, 1.807) is 41.6 Å². The number of pyridine rings is 2. The second-order valence-electron chi connectivity index (χ2n) is 7.50. The van der Waals surface area contributed by atoms with Crippen molar-refractivity contribution >= 4 is 17.6 Å². The molecule has 9 nitrogen and oxygen atoms in total. The Labute approximate surface area is 191 Å². The van der Waals surface area contributed by atoms with Gasteiger partial charge in [-0.05, 0) is 29.3 Å². The average Bonchev–Trinajstić information content (AvgIpc) is 2.82. The Morgan fingerprint density at radius 2 is 2.00 bits per heavy atom. The van der Waals surface area contributed by atoms with Crippen LogP contribution < -0.4 is 20.1 Å². The first-order valence-corrected chi connectivity index (χ1v) is 10.4. The molecule has 2 N–H and O–H groups in total. The SMILES string of the molecule is COc1ccc(CN2C(=O)C(OC(C)=O)Cc3c(Oc4cc(CN)ccn4)cccc32)cn1. The van der Waals surface area contributed by atoms with Gasteiger partial charge in [-0.15, -0.1) is 0 Å². The Bertz CT molecular complexity index is 1170. The average molecular weight is 448 g/mol. The van der Waals surface area contributed by atoms with E-state index in [1.807, 2.05) is 18.2 Å². The lowest BCUT2D eigenvalue weighted by Crippen LogP contribution is -2.46. The van der Waals surface area contributed by atoms with Crippen LogP contribution in [0.15, 0.2) is 54.9 Å². The van der Waals surface area contributed by atoms with Crippen LogP contribution in [0.3, 0.4) is 0 Å². The molecule has 1 aromatic carbocycles. The van der Waals surface area contributed by atoms with Crippen molar-refractivity contribution in [3.8, 4) is 17.5 Å². The minimum atomic E-state index is -0.964. The van der Waals surface area contributed by atoms with Gasteiger partial charge in [0.05, 0.1) is 19.3 Å². The summed E-state index contributed by atoms with van der Waals surface area (Å²) in [6.45, 7) is 1.88. The number of methoxy groups -OCH3 is 1. The number of hydrogen-bond acceptors (Lipinski definition) is 8. The molecule has 9 heteroatoms. The van der Waals surface area contributed by atoms with Crippen LogP contribution in [0.1, 0.15) is 23.6 Å². The van der Waals surface area contributed by atoms with Crippen molar-refractivity contribution in [1.29, 1.82) is 0 Å². The van der Waals surface area contributed by atoms with E-state index in [0.717, 1.165) is 16.7 Å². The zero-order valence-corrected chi connectivity index (χ0v) is 18.4. The van der Waals surface area contributed by atoms with Gasteiger partial charge in [-0.25, -0.2) is 9.97 Å². The maximum Gasteiger partial charge on any atom is 0.303 e. The largest absolute Gasteiger partial charge is 0.481 e. The molecule has 2 aromatic heterocycles. The van der Waals surface area contributed by atoms with E-state index in [2.05, 4.69) is 9.97 Å². The van der Waals surface area contributed by atoms with Crippen LogP contribution in [-0.2, 0) is 33.8 Å². The van der Waals surface area contributed by atoms with E-state index < -0.39 is 12.1 Å². The van der Waals surface area contributed by atoms with Crippen LogP contribution in [0.25, 0.3) is 0 Å². The van der Waals surface area contributed by atoms with Gasteiger partial charge in [0, 0.05) is 50.0 Å². The molecule has 0 fully saturated rings. The Hall–Kier alpha value is -3.98. The third-order valence-electron chi connectivity index (χ3n) is 5.24. The molecule has 0 bridgehead atoms. The highest BCUT2D eigenvalue weighted by atomic mass is 16.5. The molecule has 170 valence electrons. The molecule has 0 saturated carbocycles. The van der Waals surface area contributed by atoms with Crippen molar-refractivity contribution in [3.63, 3.8) is 0 Å². The number of benzene rings is 1. The molecule has 0 spiro atoms. The summed E-state index contributed by atoms with van der Waals surface area (Å²) >= 11 is 0. The summed E-state index contributed by atoms with van der Waals surface area (Å²) in [4.78, 5) is 35.0. The van der Waals surface area contributed by atoms with Crippen molar-refractivity contribution < 1.29 is 23.8 Å². The van der Waals surface area contributed by atoms with Crippen LogP contribution in [0.4, 0.5) is 5.69 Å². The van der Waals surface area contributed by atoms with Gasteiger partial charge < -0.3 is 24.8 Å². The minimum Gasteiger partial charge on any atom is -0.481 e. The summed E-state index contributed by atoms with van der Waals surface area (Å²) in [5.74, 6) is 0.548. The number of hydrogen-bond donors (Lipinski definition) is 1. The van der Waals surface area contributed by atoms with Gasteiger partial charge in [-0.2, -0.15) is 0 Å². The quantitative estimate of drug-likeness (QED) is 0.549. The molecule has 1 aliphatic rings. The van der Waals surface area contributed by atoms with E-state index in [0.29, 0.717) is 29.7 Å². The molecule has 3 aromatic rings. The smallest absolute Gasteiger partial charge is 0.303 e. The molecule has 1 aliphatic heterocycles. The molecular weight excluding hydrogens is 424 g/mol. The molecule has 0 radical (unpaired) electrons. The first kappa shape index (κ1) is 22.2. The number of nitrogens with two attached hydrogens (primary N) is 1. The first-order valence-electron chi connectivity index (χ1n) is 10.4. The predicted octanol–water partition coefficient (Wildman–Crippen LogP) is 2.76. The summed E-state index contributed by atoms with van der Waals surface area (Å²) in [5.41, 5.74) is 8.81. The van der Waals surface area contributed by atoms with Crippen LogP contribution in [0.2, 0.25) is 0 Å². The third-order valence-corrected chi connectivity index (χ3v) is 5.24. The molecular formula is C24H24N4O5. The number of rotatable bonds is 7. The molecule has 33 heavy (non-hydrogen) atoms. The number of ether oxygens (including phenoxy) is 3. The van der Waals surface area contributed by atoms with E-state index in [9.17, 15) is 9.59 Å². The van der Waals surface area contributed by atoms with Gasteiger partial charge in [-0.3, -0.25) is 9.59 Å². The van der Waals surface area contributed by atoms with Gasteiger partial charge in [0.1, 0.15) is 5.75 Å². The lowest BCUT2D eigenvalue weighted by Gasteiger charge is -2.34. The third kappa shape index (κ3) is 4.93. The molecule has 4 rings (SSSR count). The molecule has 1 atom stereocenters. The summed E-state index contributed by atoms with van der Waals surface area (Å²) in [6.07, 6.45) is 2.50. The van der Waals surface area contributed by atoms with Gasteiger partial charge in [0.15, 0.2) is 6.10 Å². The fourth-order valence-electron chi connectivity index (χ4n) is 3.68. The highest BCUT2D eigenvalue weighted by Crippen LogP contribution is 2.38. The minimum absolute atomic E-state index is 0.192. The van der Waals surface area contributed by atoms with Crippen LogP contribution >= 0.6 is 0 Å².